The second-order valence-electron chi connectivity index (χ2n) is 4.82. The van der Waals surface area contributed by atoms with E-state index in [-0.39, 0.29) is 18.8 Å². The van der Waals surface area contributed by atoms with Crippen molar-refractivity contribution in [1.82, 2.24) is 5.32 Å². The van der Waals surface area contributed by atoms with Gasteiger partial charge in [-0.3, -0.25) is 0 Å². The molecule has 3 nitrogen and oxygen atoms in total. The van der Waals surface area contributed by atoms with E-state index in [1.807, 2.05) is 24.3 Å². The van der Waals surface area contributed by atoms with Crippen LogP contribution in [0.25, 0.3) is 0 Å². The molecule has 0 amide bonds. The van der Waals surface area contributed by atoms with Gasteiger partial charge in [-0.25, -0.2) is 0 Å². The number of rotatable bonds is 4. The van der Waals surface area contributed by atoms with Crippen LogP contribution in [-0.4, -0.2) is 22.4 Å². The van der Waals surface area contributed by atoms with Gasteiger partial charge in [0.25, 0.3) is 0 Å². The third-order valence-electron chi connectivity index (χ3n) is 3.47. The Morgan fingerprint density at radius 3 is 2.71 bits per heavy atom. The fraction of sp³-hybridized carbons (Fsp3) is 0.571. The second kappa shape index (κ2) is 6.15. The summed E-state index contributed by atoms with van der Waals surface area (Å²) < 4.78 is 0. The maximum atomic E-state index is 9.85. The van der Waals surface area contributed by atoms with E-state index >= 15 is 0 Å². The standard InChI is InChI=1S/C14H21NO2/c16-10-12-5-3-4-11(8-12)9-15-13-6-1-2-7-14(13)17/h3-5,8,13-17H,1-2,6-7,9-10H2/t13-,14-/m1/s1. The number of hydrogen-bond acceptors (Lipinski definition) is 3. The summed E-state index contributed by atoms with van der Waals surface area (Å²) in [5.74, 6) is 0. The van der Waals surface area contributed by atoms with Crippen LogP contribution in [0.2, 0.25) is 0 Å². The zero-order valence-corrected chi connectivity index (χ0v) is 10.1. The first-order valence-electron chi connectivity index (χ1n) is 6.39. The normalized spacial score (nSPS) is 24.8. The van der Waals surface area contributed by atoms with Crippen molar-refractivity contribution in [3.63, 3.8) is 0 Å². The third-order valence-corrected chi connectivity index (χ3v) is 3.47. The summed E-state index contributed by atoms with van der Waals surface area (Å²) in [5, 5.41) is 22.3. The fourth-order valence-corrected chi connectivity index (χ4v) is 2.44. The number of aliphatic hydroxyl groups excluding tert-OH is 2. The molecule has 0 bridgehead atoms. The lowest BCUT2D eigenvalue weighted by molar-refractivity contribution is 0.0902. The van der Waals surface area contributed by atoms with Gasteiger partial charge in [0.2, 0.25) is 0 Å². The van der Waals surface area contributed by atoms with E-state index in [4.69, 9.17) is 5.11 Å². The van der Waals surface area contributed by atoms with Crippen LogP contribution < -0.4 is 5.32 Å². The van der Waals surface area contributed by atoms with Gasteiger partial charge in [-0.1, -0.05) is 37.1 Å². The minimum atomic E-state index is -0.204. The fourth-order valence-electron chi connectivity index (χ4n) is 2.44. The molecule has 3 N–H and O–H groups in total. The summed E-state index contributed by atoms with van der Waals surface area (Å²) in [6.45, 7) is 0.843. The molecular formula is C14H21NO2. The summed E-state index contributed by atoms with van der Waals surface area (Å²) in [6, 6.07) is 8.14. The summed E-state index contributed by atoms with van der Waals surface area (Å²) in [6.07, 6.45) is 4.10. The number of hydrogen-bond donors (Lipinski definition) is 3. The van der Waals surface area contributed by atoms with Crippen LogP contribution in [0.5, 0.6) is 0 Å². The van der Waals surface area contributed by atoms with E-state index in [0.29, 0.717) is 0 Å². The summed E-state index contributed by atoms with van der Waals surface area (Å²) >= 11 is 0. The molecular weight excluding hydrogens is 214 g/mol. The van der Waals surface area contributed by atoms with Crippen molar-refractivity contribution in [2.75, 3.05) is 0 Å². The zero-order chi connectivity index (χ0) is 12.1. The zero-order valence-electron chi connectivity index (χ0n) is 10.1. The van der Waals surface area contributed by atoms with Crippen molar-refractivity contribution in [2.45, 2.75) is 51.0 Å². The van der Waals surface area contributed by atoms with Gasteiger partial charge >= 0.3 is 0 Å². The monoisotopic (exact) mass is 235 g/mol. The molecule has 1 saturated carbocycles. The van der Waals surface area contributed by atoms with Crippen LogP contribution in [0.3, 0.4) is 0 Å². The van der Waals surface area contributed by atoms with Crippen molar-refractivity contribution >= 4 is 0 Å². The Balaban J connectivity index is 1.88. The Kier molecular flexibility index (Phi) is 4.54. The van der Waals surface area contributed by atoms with E-state index < -0.39 is 0 Å². The summed E-state index contributed by atoms with van der Waals surface area (Å²) in [7, 11) is 0. The second-order valence-corrected chi connectivity index (χ2v) is 4.82. The molecule has 0 saturated heterocycles. The molecule has 0 aromatic heterocycles. The van der Waals surface area contributed by atoms with Crippen LogP contribution >= 0.6 is 0 Å². The van der Waals surface area contributed by atoms with Gasteiger partial charge in [-0.05, 0) is 24.0 Å². The average molecular weight is 235 g/mol. The summed E-state index contributed by atoms with van der Waals surface area (Å²) in [5.41, 5.74) is 2.10. The Hall–Kier alpha value is -0.900. The quantitative estimate of drug-likeness (QED) is 0.742. The highest BCUT2D eigenvalue weighted by Gasteiger charge is 2.21. The molecule has 1 aliphatic rings. The number of aliphatic hydroxyl groups is 2. The highest BCUT2D eigenvalue weighted by molar-refractivity contribution is 5.22. The molecule has 0 unspecified atom stereocenters. The highest BCUT2D eigenvalue weighted by atomic mass is 16.3. The molecule has 0 heterocycles. The maximum absolute atomic E-state index is 9.85. The van der Waals surface area contributed by atoms with E-state index in [1.165, 1.54) is 6.42 Å². The van der Waals surface area contributed by atoms with Crippen molar-refractivity contribution in [1.29, 1.82) is 0 Å². The van der Waals surface area contributed by atoms with E-state index in [9.17, 15) is 5.11 Å². The molecule has 1 aromatic carbocycles. The topological polar surface area (TPSA) is 52.5 Å². The molecule has 1 aliphatic carbocycles. The van der Waals surface area contributed by atoms with Crippen molar-refractivity contribution < 1.29 is 10.2 Å². The molecule has 94 valence electrons. The van der Waals surface area contributed by atoms with Crippen molar-refractivity contribution in [2.24, 2.45) is 0 Å². The van der Waals surface area contributed by atoms with Crippen LogP contribution in [0.4, 0.5) is 0 Å². The Bertz CT molecular complexity index is 354. The third kappa shape index (κ3) is 3.53. The van der Waals surface area contributed by atoms with Gasteiger partial charge in [0.05, 0.1) is 12.7 Å². The first-order chi connectivity index (χ1) is 8.29. The van der Waals surface area contributed by atoms with Gasteiger partial charge in [0.1, 0.15) is 0 Å². The van der Waals surface area contributed by atoms with Crippen LogP contribution in [0, 0.1) is 0 Å². The SMILES string of the molecule is OCc1cccc(CN[C@@H]2CCCC[C@H]2O)c1. The molecule has 2 rings (SSSR count). The molecule has 3 heteroatoms. The highest BCUT2D eigenvalue weighted by Crippen LogP contribution is 2.18. The lowest BCUT2D eigenvalue weighted by Gasteiger charge is -2.28. The summed E-state index contributed by atoms with van der Waals surface area (Å²) in [4.78, 5) is 0. The van der Waals surface area contributed by atoms with E-state index in [2.05, 4.69) is 5.32 Å². The maximum Gasteiger partial charge on any atom is 0.0693 e. The first kappa shape index (κ1) is 12.6. The molecule has 1 fully saturated rings. The average Bonchev–Trinajstić information content (AvgIpc) is 2.38. The minimum absolute atomic E-state index is 0.0832. The Morgan fingerprint density at radius 2 is 1.94 bits per heavy atom. The molecule has 17 heavy (non-hydrogen) atoms. The molecule has 0 radical (unpaired) electrons. The Morgan fingerprint density at radius 1 is 1.18 bits per heavy atom. The van der Waals surface area contributed by atoms with Crippen LogP contribution in [0.15, 0.2) is 24.3 Å². The van der Waals surface area contributed by atoms with Crippen molar-refractivity contribution in [3.05, 3.63) is 35.4 Å². The van der Waals surface area contributed by atoms with Crippen molar-refractivity contribution in [3.8, 4) is 0 Å². The van der Waals surface area contributed by atoms with E-state index in [0.717, 1.165) is 36.9 Å². The molecule has 0 aliphatic heterocycles. The smallest absolute Gasteiger partial charge is 0.0693 e. The van der Waals surface area contributed by atoms with Crippen LogP contribution in [-0.2, 0) is 13.2 Å². The van der Waals surface area contributed by atoms with Gasteiger partial charge in [0, 0.05) is 12.6 Å². The molecule has 1 aromatic rings. The lowest BCUT2D eigenvalue weighted by atomic mass is 9.92. The van der Waals surface area contributed by atoms with Gasteiger partial charge in [-0.15, -0.1) is 0 Å². The lowest BCUT2D eigenvalue weighted by Crippen LogP contribution is -2.41. The van der Waals surface area contributed by atoms with Gasteiger partial charge < -0.3 is 15.5 Å². The minimum Gasteiger partial charge on any atom is -0.392 e. The first-order valence-corrected chi connectivity index (χ1v) is 6.39. The van der Waals surface area contributed by atoms with Gasteiger partial charge in [0.15, 0.2) is 0 Å². The number of nitrogens with one attached hydrogen (secondary N) is 1. The van der Waals surface area contributed by atoms with E-state index in [1.54, 1.807) is 0 Å². The largest absolute Gasteiger partial charge is 0.392 e. The predicted molar refractivity (Wildman–Crippen MR) is 67.5 cm³/mol. The Labute approximate surface area is 102 Å². The van der Waals surface area contributed by atoms with Crippen LogP contribution in [0.1, 0.15) is 36.8 Å². The number of benzene rings is 1. The van der Waals surface area contributed by atoms with Gasteiger partial charge in [-0.2, -0.15) is 0 Å². The predicted octanol–water partition coefficient (Wildman–Crippen LogP) is 1.57. The molecule has 0 spiro atoms. The molecule has 2 atom stereocenters.